The molecule has 8 nitrogen and oxygen atoms in total. The molecule has 0 heterocycles. The summed E-state index contributed by atoms with van der Waals surface area (Å²) in [7, 11) is 3.06. The highest BCUT2D eigenvalue weighted by molar-refractivity contribution is 8.00. The van der Waals surface area contributed by atoms with Gasteiger partial charge in [0.25, 0.3) is 11.8 Å². The van der Waals surface area contributed by atoms with Crippen LogP contribution in [0, 0.1) is 5.82 Å². The van der Waals surface area contributed by atoms with Crippen molar-refractivity contribution in [3.63, 3.8) is 0 Å². The van der Waals surface area contributed by atoms with Crippen LogP contribution in [0.15, 0.2) is 108 Å². The van der Waals surface area contributed by atoms with Crippen LogP contribution in [-0.2, 0) is 9.59 Å². The van der Waals surface area contributed by atoms with Crippen LogP contribution >= 0.6 is 11.8 Å². The second-order valence-electron chi connectivity index (χ2n) is 9.23. The number of anilines is 2. The number of methoxy groups -OCH3 is 2. The summed E-state index contributed by atoms with van der Waals surface area (Å²) in [4.78, 5) is 39.8. The lowest BCUT2D eigenvalue weighted by molar-refractivity contribution is -0.115. The van der Waals surface area contributed by atoms with E-state index in [4.69, 9.17) is 9.47 Å². The predicted molar refractivity (Wildman–Crippen MR) is 167 cm³/mol. The number of carbonyl (C=O) groups is 3. The van der Waals surface area contributed by atoms with Gasteiger partial charge in [-0.2, -0.15) is 0 Å². The smallest absolute Gasteiger partial charge is 0.272 e. The molecular weight excluding hydrogens is 569 g/mol. The fourth-order valence-electron chi connectivity index (χ4n) is 3.92. The summed E-state index contributed by atoms with van der Waals surface area (Å²) in [6.07, 6.45) is 1.28. The molecule has 1 unspecified atom stereocenters. The third-order valence-electron chi connectivity index (χ3n) is 6.13. The fraction of sp³-hybridized carbons (Fsp3) is 0.121. The van der Waals surface area contributed by atoms with E-state index in [-0.39, 0.29) is 17.2 Å². The van der Waals surface area contributed by atoms with Gasteiger partial charge in [0.1, 0.15) is 23.0 Å². The lowest BCUT2D eigenvalue weighted by atomic mass is 10.1. The SMILES string of the molecule is COc1cc(NC(=O)C(C)Sc2cccc(NC(=O)/C(=C/c3ccccc3F)NC(=O)c3ccccc3)c2)cc(OC)c1. The first-order valence-corrected chi connectivity index (χ1v) is 14.1. The number of amides is 3. The Balaban J connectivity index is 1.48. The van der Waals surface area contributed by atoms with Crippen molar-refractivity contribution < 1.29 is 28.2 Å². The first kappa shape index (κ1) is 30.9. The molecule has 43 heavy (non-hydrogen) atoms. The van der Waals surface area contributed by atoms with Gasteiger partial charge in [0, 0.05) is 45.6 Å². The van der Waals surface area contributed by atoms with Crippen LogP contribution in [0.2, 0.25) is 0 Å². The number of hydrogen-bond donors (Lipinski definition) is 3. The van der Waals surface area contributed by atoms with Crippen molar-refractivity contribution >= 4 is 46.9 Å². The van der Waals surface area contributed by atoms with Crippen molar-refractivity contribution in [1.82, 2.24) is 5.32 Å². The maximum atomic E-state index is 14.4. The number of nitrogens with one attached hydrogen (secondary N) is 3. The molecule has 4 aromatic carbocycles. The molecule has 10 heteroatoms. The van der Waals surface area contributed by atoms with Gasteiger partial charge in [-0.25, -0.2) is 4.39 Å². The van der Waals surface area contributed by atoms with Gasteiger partial charge in [-0.05, 0) is 49.4 Å². The van der Waals surface area contributed by atoms with E-state index in [0.717, 1.165) is 4.90 Å². The van der Waals surface area contributed by atoms with Gasteiger partial charge in [-0.3, -0.25) is 14.4 Å². The molecule has 1 atom stereocenters. The molecule has 0 aromatic heterocycles. The molecule has 0 aliphatic carbocycles. The summed E-state index contributed by atoms with van der Waals surface area (Å²) in [6.45, 7) is 1.76. The Hall–Kier alpha value is -5.09. The standard InChI is InChI=1S/C33H30FN3O5S/c1-21(31(38)36-25-17-26(41-2)20-27(18-25)42-3)43-28-14-9-13-24(19-28)35-33(40)30(16-23-12-7-8-15-29(23)34)37-32(39)22-10-5-4-6-11-22/h4-21H,1-3H3,(H,35,40)(H,36,38)(H,37,39)/b30-16-. The highest BCUT2D eigenvalue weighted by Gasteiger charge is 2.18. The van der Waals surface area contributed by atoms with E-state index in [2.05, 4.69) is 16.0 Å². The van der Waals surface area contributed by atoms with E-state index < -0.39 is 22.9 Å². The molecule has 0 saturated heterocycles. The van der Waals surface area contributed by atoms with E-state index in [9.17, 15) is 18.8 Å². The Kier molecular flexibility index (Phi) is 10.5. The largest absolute Gasteiger partial charge is 0.497 e. The molecule has 0 radical (unpaired) electrons. The number of benzene rings is 4. The predicted octanol–water partition coefficient (Wildman–Crippen LogP) is 6.37. The Bertz CT molecular complexity index is 1620. The molecule has 220 valence electrons. The minimum absolute atomic E-state index is 0.138. The van der Waals surface area contributed by atoms with Gasteiger partial charge in [-0.1, -0.05) is 42.5 Å². The summed E-state index contributed by atoms with van der Waals surface area (Å²) in [6, 6.07) is 26.3. The quantitative estimate of drug-likeness (QED) is 0.137. The molecule has 0 aliphatic rings. The molecule has 0 bridgehead atoms. The van der Waals surface area contributed by atoms with Crippen molar-refractivity contribution in [2.75, 3.05) is 24.9 Å². The Morgan fingerprint density at radius 3 is 2.14 bits per heavy atom. The van der Waals surface area contributed by atoms with Crippen molar-refractivity contribution in [3.05, 3.63) is 120 Å². The lowest BCUT2D eigenvalue weighted by Gasteiger charge is -2.15. The second-order valence-corrected chi connectivity index (χ2v) is 10.6. The third-order valence-corrected chi connectivity index (χ3v) is 7.22. The fourth-order valence-corrected chi connectivity index (χ4v) is 4.84. The van der Waals surface area contributed by atoms with Gasteiger partial charge < -0.3 is 25.4 Å². The molecule has 0 aliphatic heterocycles. The molecule has 3 amide bonds. The minimum Gasteiger partial charge on any atom is -0.497 e. The number of halogens is 1. The van der Waals surface area contributed by atoms with Crippen molar-refractivity contribution in [2.24, 2.45) is 0 Å². The van der Waals surface area contributed by atoms with E-state index in [1.54, 1.807) is 79.7 Å². The zero-order chi connectivity index (χ0) is 30.8. The van der Waals surface area contributed by atoms with Crippen LogP contribution in [0.1, 0.15) is 22.8 Å². The molecule has 0 fully saturated rings. The highest BCUT2D eigenvalue weighted by atomic mass is 32.2. The Labute approximate surface area is 253 Å². The molecule has 0 spiro atoms. The summed E-state index contributed by atoms with van der Waals surface area (Å²) in [5.41, 5.74) is 1.29. The Morgan fingerprint density at radius 1 is 0.791 bits per heavy atom. The second kappa shape index (κ2) is 14.7. The Morgan fingerprint density at radius 2 is 1.47 bits per heavy atom. The molecular formula is C33H30FN3O5S. The van der Waals surface area contributed by atoms with Gasteiger partial charge in [0.15, 0.2) is 0 Å². The van der Waals surface area contributed by atoms with Gasteiger partial charge >= 0.3 is 0 Å². The maximum absolute atomic E-state index is 14.4. The van der Waals surface area contributed by atoms with E-state index in [0.29, 0.717) is 28.4 Å². The topological polar surface area (TPSA) is 106 Å². The number of carbonyl (C=O) groups excluding carboxylic acids is 3. The number of thioether (sulfide) groups is 1. The zero-order valence-electron chi connectivity index (χ0n) is 23.7. The van der Waals surface area contributed by atoms with Gasteiger partial charge in [0.05, 0.1) is 19.5 Å². The van der Waals surface area contributed by atoms with Crippen LogP contribution in [-0.4, -0.2) is 37.2 Å². The zero-order valence-corrected chi connectivity index (χ0v) is 24.5. The average Bonchev–Trinajstić information content (AvgIpc) is 3.02. The molecule has 4 aromatic rings. The molecule has 4 rings (SSSR count). The van der Waals surface area contributed by atoms with E-state index >= 15 is 0 Å². The summed E-state index contributed by atoms with van der Waals surface area (Å²) in [5.74, 6) is -0.861. The van der Waals surface area contributed by atoms with E-state index in [1.807, 2.05) is 6.07 Å². The van der Waals surface area contributed by atoms with Gasteiger partial charge in [0.2, 0.25) is 5.91 Å². The van der Waals surface area contributed by atoms with Crippen molar-refractivity contribution in [1.29, 1.82) is 0 Å². The number of hydrogen-bond acceptors (Lipinski definition) is 6. The summed E-state index contributed by atoms with van der Waals surface area (Å²) in [5, 5.41) is 7.73. The van der Waals surface area contributed by atoms with Crippen molar-refractivity contribution in [3.8, 4) is 11.5 Å². The van der Waals surface area contributed by atoms with Crippen LogP contribution in [0.25, 0.3) is 6.08 Å². The highest BCUT2D eigenvalue weighted by Crippen LogP contribution is 2.29. The number of ether oxygens (including phenoxy) is 2. The van der Waals surface area contributed by atoms with Crippen LogP contribution in [0.3, 0.4) is 0 Å². The number of rotatable bonds is 11. The first-order valence-electron chi connectivity index (χ1n) is 13.2. The first-order chi connectivity index (χ1) is 20.7. The van der Waals surface area contributed by atoms with E-state index in [1.165, 1.54) is 50.3 Å². The molecule has 3 N–H and O–H groups in total. The van der Waals surface area contributed by atoms with Crippen LogP contribution in [0.5, 0.6) is 11.5 Å². The summed E-state index contributed by atoms with van der Waals surface area (Å²) < 4.78 is 24.9. The lowest BCUT2D eigenvalue weighted by Crippen LogP contribution is -2.30. The van der Waals surface area contributed by atoms with Crippen molar-refractivity contribution in [2.45, 2.75) is 17.1 Å². The van der Waals surface area contributed by atoms with Crippen LogP contribution < -0.4 is 25.4 Å². The monoisotopic (exact) mass is 599 g/mol. The average molecular weight is 600 g/mol. The van der Waals surface area contributed by atoms with Crippen LogP contribution in [0.4, 0.5) is 15.8 Å². The summed E-state index contributed by atoms with van der Waals surface area (Å²) >= 11 is 1.29. The van der Waals surface area contributed by atoms with Gasteiger partial charge in [-0.15, -0.1) is 11.8 Å². The normalized spacial score (nSPS) is 11.7. The molecule has 0 saturated carbocycles. The maximum Gasteiger partial charge on any atom is 0.272 e. The minimum atomic E-state index is -0.646. The third kappa shape index (κ3) is 8.70.